The molecular weight excluding hydrogens is 248 g/mol. The zero-order valence-corrected chi connectivity index (χ0v) is 9.79. The molecule has 3 rings (SSSR count). The Morgan fingerprint density at radius 3 is 2.74 bits per heavy atom. The van der Waals surface area contributed by atoms with Crippen LogP contribution >= 0.6 is 0 Å². The summed E-state index contributed by atoms with van der Waals surface area (Å²) in [5.41, 5.74) is 2.14. The second-order valence-corrected chi connectivity index (χ2v) is 4.15. The van der Waals surface area contributed by atoms with Gasteiger partial charge >= 0.3 is 0 Å². The van der Waals surface area contributed by atoms with Gasteiger partial charge in [0, 0.05) is 6.07 Å². The zero-order valence-electron chi connectivity index (χ0n) is 9.79. The molecule has 0 amide bonds. The molecule has 0 aromatic heterocycles. The summed E-state index contributed by atoms with van der Waals surface area (Å²) in [5.74, 6) is 0.989. The molecule has 2 N–H and O–H groups in total. The van der Waals surface area contributed by atoms with Crippen LogP contribution in [0.1, 0.15) is 5.56 Å². The third kappa shape index (κ3) is 1.98. The molecule has 19 heavy (non-hydrogen) atoms. The molecule has 0 spiro atoms. The van der Waals surface area contributed by atoms with Gasteiger partial charge in [-0.15, -0.1) is 0 Å². The number of hydrogen-bond acceptors (Lipinski definition) is 5. The predicted octanol–water partition coefficient (Wildman–Crippen LogP) is 2.94. The summed E-state index contributed by atoms with van der Waals surface area (Å²) in [6, 6.07) is 9.63. The highest BCUT2D eigenvalue weighted by molar-refractivity contribution is 5.77. The van der Waals surface area contributed by atoms with E-state index in [-0.39, 0.29) is 12.3 Å². The minimum atomic E-state index is -0.464. The Kier molecular flexibility index (Phi) is 2.57. The van der Waals surface area contributed by atoms with Crippen LogP contribution in [0, 0.1) is 10.1 Å². The van der Waals surface area contributed by atoms with Gasteiger partial charge in [-0.05, 0) is 23.8 Å². The molecule has 0 atom stereocenters. The first-order valence-corrected chi connectivity index (χ1v) is 5.64. The van der Waals surface area contributed by atoms with Crippen LogP contribution in [0.5, 0.6) is 11.5 Å². The van der Waals surface area contributed by atoms with Gasteiger partial charge in [0.15, 0.2) is 11.5 Å². The Labute approximate surface area is 108 Å². The fraction of sp³-hybridized carbons (Fsp3) is 0.0769. The Balaban J connectivity index is 2.01. The number of benzene rings is 2. The van der Waals surface area contributed by atoms with Gasteiger partial charge in [0.1, 0.15) is 0 Å². The van der Waals surface area contributed by atoms with Gasteiger partial charge in [-0.25, -0.2) is 0 Å². The van der Waals surface area contributed by atoms with Crippen molar-refractivity contribution in [2.24, 2.45) is 0 Å². The Hall–Kier alpha value is -2.60. The average Bonchev–Trinajstić information content (AvgIpc) is 2.43. The number of nitrogens with zero attached hydrogens (tertiary/aromatic N) is 1. The Morgan fingerprint density at radius 1 is 1.16 bits per heavy atom. The third-order valence-corrected chi connectivity index (χ3v) is 2.89. The number of anilines is 2. The largest absolute Gasteiger partial charge is 0.453 e. The number of non-ortho nitro benzene ring substituents is 1. The summed E-state index contributed by atoms with van der Waals surface area (Å²) >= 11 is 0. The maximum absolute atomic E-state index is 10.7. The molecule has 6 heteroatoms. The van der Waals surface area contributed by atoms with E-state index in [0.717, 1.165) is 11.3 Å². The Morgan fingerprint density at radius 2 is 2.00 bits per heavy atom. The summed E-state index contributed by atoms with van der Waals surface area (Å²) in [4.78, 5) is 10.3. The van der Waals surface area contributed by atoms with Crippen molar-refractivity contribution in [3.63, 3.8) is 0 Å². The van der Waals surface area contributed by atoms with Crippen molar-refractivity contribution in [2.75, 3.05) is 5.32 Å². The smallest absolute Gasteiger partial charge is 0.273 e. The van der Waals surface area contributed by atoms with E-state index in [1.165, 1.54) is 12.1 Å². The molecule has 0 bridgehead atoms. The van der Waals surface area contributed by atoms with Crippen LogP contribution in [0.2, 0.25) is 0 Å². The van der Waals surface area contributed by atoms with Crippen molar-refractivity contribution < 1.29 is 14.8 Å². The van der Waals surface area contributed by atoms with Crippen LogP contribution in [0.3, 0.4) is 0 Å². The molecular formula is C13H10N2O4. The molecule has 2 aromatic carbocycles. The zero-order chi connectivity index (χ0) is 13.4. The topological polar surface area (TPSA) is 84.6 Å². The minimum absolute atomic E-state index is 0.0176. The molecule has 0 saturated carbocycles. The van der Waals surface area contributed by atoms with Crippen LogP contribution in [0.25, 0.3) is 0 Å². The fourth-order valence-corrected chi connectivity index (χ4v) is 1.94. The van der Waals surface area contributed by atoms with E-state index in [0.29, 0.717) is 17.2 Å². The number of hydrogen-bond donors (Lipinski definition) is 2. The highest BCUT2D eigenvalue weighted by atomic mass is 16.6. The molecule has 96 valence electrons. The van der Waals surface area contributed by atoms with Crippen molar-refractivity contribution in [3.05, 3.63) is 52.1 Å². The van der Waals surface area contributed by atoms with Crippen LogP contribution < -0.4 is 10.1 Å². The number of nitro benzene ring substituents is 1. The van der Waals surface area contributed by atoms with Gasteiger partial charge in [0.2, 0.25) is 0 Å². The van der Waals surface area contributed by atoms with Crippen LogP contribution in [0.4, 0.5) is 17.1 Å². The van der Waals surface area contributed by atoms with Crippen LogP contribution in [-0.4, -0.2) is 10.0 Å². The number of rotatable bonds is 2. The van der Waals surface area contributed by atoms with Crippen molar-refractivity contribution in [1.82, 2.24) is 0 Å². The molecule has 1 aliphatic rings. The molecule has 0 aliphatic carbocycles. The van der Waals surface area contributed by atoms with Gasteiger partial charge < -0.3 is 15.2 Å². The number of fused-ring (bicyclic) bond motifs is 2. The average molecular weight is 258 g/mol. The first-order valence-electron chi connectivity index (χ1n) is 5.64. The molecule has 0 saturated heterocycles. The molecule has 6 nitrogen and oxygen atoms in total. The highest BCUT2D eigenvalue weighted by Crippen LogP contribution is 2.43. The molecule has 0 fully saturated rings. The summed E-state index contributed by atoms with van der Waals surface area (Å²) in [7, 11) is 0. The lowest BCUT2D eigenvalue weighted by Crippen LogP contribution is -2.04. The van der Waals surface area contributed by atoms with Gasteiger partial charge in [-0.1, -0.05) is 6.07 Å². The molecule has 0 radical (unpaired) electrons. The number of aliphatic hydroxyl groups is 1. The van der Waals surface area contributed by atoms with E-state index >= 15 is 0 Å². The van der Waals surface area contributed by atoms with E-state index in [1.807, 2.05) is 0 Å². The Bertz CT molecular complexity index is 670. The predicted molar refractivity (Wildman–Crippen MR) is 68.8 cm³/mol. The minimum Gasteiger partial charge on any atom is -0.453 e. The molecule has 0 unspecified atom stereocenters. The summed E-state index contributed by atoms with van der Waals surface area (Å²) in [6.07, 6.45) is 0. The van der Waals surface area contributed by atoms with Crippen LogP contribution in [-0.2, 0) is 6.61 Å². The monoisotopic (exact) mass is 258 g/mol. The maximum atomic E-state index is 10.7. The van der Waals surface area contributed by atoms with Gasteiger partial charge in [0.05, 0.1) is 29.0 Å². The first-order chi connectivity index (χ1) is 9.17. The fourth-order valence-electron chi connectivity index (χ4n) is 1.94. The quantitative estimate of drug-likeness (QED) is 0.545. The van der Waals surface area contributed by atoms with E-state index in [1.54, 1.807) is 24.3 Å². The molecule has 2 aromatic rings. The summed E-state index contributed by atoms with van der Waals surface area (Å²) in [5, 5.41) is 22.9. The number of aliphatic hydroxyl groups excluding tert-OH is 1. The normalized spacial score (nSPS) is 11.8. The van der Waals surface area contributed by atoms with Gasteiger partial charge in [0.25, 0.3) is 5.69 Å². The number of nitro groups is 1. The maximum Gasteiger partial charge on any atom is 0.273 e. The number of nitrogens with one attached hydrogen (secondary N) is 1. The van der Waals surface area contributed by atoms with Crippen molar-refractivity contribution in [2.45, 2.75) is 6.61 Å². The van der Waals surface area contributed by atoms with Crippen molar-refractivity contribution >= 4 is 17.1 Å². The molecule has 1 aliphatic heterocycles. The third-order valence-electron chi connectivity index (χ3n) is 2.89. The summed E-state index contributed by atoms with van der Waals surface area (Å²) in [6.45, 7) is -0.0535. The first kappa shape index (κ1) is 11.5. The standard InChI is InChI=1S/C13H10N2O4/c16-7-8-1-4-12-11(5-8)14-10-3-2-9(15(17)18)6-13(10)19-12/h1-6,14,16H,7H2. The van der Waals surface area contributed by atoms with Crippen molar-refractivity contribution in [3.8, 4) is 11.5 Å². The van der Waals surface area contributed by atoms with Gasteiger partial charge in [-0.3, -0.25) is 10.1 Å². The molecule has 1 heterocycles. The van der Waals surface area contributed by atoms with Gasteiger partial charge in [-0.2, -0.15) is 0 Å². The van der Waals surface area contributed by atoms with E-state index in [9.17, 15) is 10.1 Å². The lowest BCUT2D eigenvalue weighted by Gasteiger charge is -2.21. The highest BCUT2D eigenvalue weighted by Gasteiger charge is 2.19. The number of ether oxygens (including phenoxy) is 1. The lowest BCUT2D eigenvalue weighted by molar-refractivity contribution is -0.384. The van der Waals surface area contributed by atoms with E-state index in [2.05, 4.69) is 5.32 Å². The second-order valence-electron chi connectivity index (χ2n) is 4.15. The van der Waals surface area contributed by atoms with E-state index < -0.39 is 4.92 Å². The van der Waals surface area contributed by atoms with Crippen LogP contribution in [0.15, 0.2) is 36.4 Å². The SMILES string of the molecule is O=[N+]([O-])c1ccc2c(c1)Oc1ccc(CO)cc1N2. The second kappa shape index (κ2) is 4.25. The van der Waals surface area contributed by atoms with Crippen molar-refractivity contribution in [1.29, 1.82) is 0 Å². The van der Waals surface area contributed by atoms with E-state index in [4.69, 9.17) is 9.84 Å². The summed E-state index contributed by atoms with van der Waals surface area (Å²) < 4.78 is 5.62. The lowest BCUT2D eigenvalue weighted by atomic mass is 10.1.